The van der Waals surface area contributed by atoms with Crippen molar-refractivity contribution in [2.24, 2.45) is 5.92 Å². The molecule has 15 heavy (non-hydrogen) atoms. The van der Waals surface area contributed by atoms with Crippen LogP contribution >= 0.6 is 0 Å². The van der Waals surface area contributed by atoms with Gasteiger partial charge in [0, 0.05) is 11.5 Å². The van der Waals surface area contributed by atoms with Gasteiger partial charge < -0.3 is 4.74 Å². The molecule has 0 unspecified atom stereocenters. The lowest BCUT2D eigenvalue weighted by atomic mass is 9.90. The summed E-state index contributed by atoms with van der Waals surface area (Å²) in [5, 5.41) is 0. The van der Waals surface area contributed by atoms with Gasteiger partial charge in [0.1, 0.15) is 6.10 Å². The van der Waals surface area contributed by atoms with E-state index in [0.29, 0.717) is 5.57 Å². The van der Waals surface area contributed by atoms with E-state index in [1.165, 1.54) is 0 Å². The maximum atomic E-state index is 11.3. The van der Waals surface area contributed by atoms with E-state index in [-0.39, 0.29) is 18.0 Å². The van der Waals surface area contributed by atoms with E-state index in [2.05, 4.69) is 19.7 Å². The molecule has 0 spiro atoms. The zero-order valence-electron chi connectivity index (χ0n) is 9.08. The summed E-state index contributed by atoms with van der Waals surface area (Å²) in [6.45, 7) is 11.1. The van der Waals surface area contributed by atoms with Crippen molar-refractivity contribution < 1.29 is 9.53 Å². The number of hydrogen-bond acceptors (Lipinski definition) is 2. The van der Waals surface area contributed by atoms with Crippen LogP contribution in [0.25, 0.3) is 0 Å². The second-order valence-electron chi connectivity index (χ2n) is 3.81. The number of rotatable bonds is 6. The second kappa shape index (κ2) is 5.54. The van der Waals surface area contributed by atoms with E-state index in [0.717, 1.165) is 25.7 Å². The zero-order chi connectivity index (χ0) is 11.3. The van der Waals surface area contributed by atoms with Gasteiger partial charge in [0.25, 0.3) is 0 Å². The van der Waals surface area contributed by atoms with Gasteiger partial charge in [-0.25, -0.2) is 4.79 Å². The molecule has 1 saturated heterocycles. The van der Waals surface area contributed by atoms with Gasteiger partial charge >= 0.3 is 5.97 Å². The van der Waals surface area contributed by atoms with Crippen LogP contribution < -0.4 is 0 Å². The fourth-order valence-corrected chi connectivity index (χ4v) is 1.87. The largest absolute Gasteiger partial charge is 0.458 e. The van der Waals surface area contributed by atoms with Crippen LogP contribution in [0.3, 0.4) is 0 Å². The highest BCUT2D eigenvalue weighted by atomic mass is 16.6. The molecule has 1 heterocycles. The van der Waals surface area contributed by atoms with Gasteiger partial charge in [0.15, 0.2) is 0 Å². The van der Waals surface area contributed by atoms with E-state index >= 15 is 0 Å². The number of esters is 1. The van der Waals surface area contributed by atoms with E-state index in [4.69, 9.17) is 4.74 Å². The fraction of sp³-hybridized carbons (Fsp3) is 0.462. The smallest absolute Gasteiger partial charge is 0.334 e. The molecule has 0 saturated carbocycles. The Kier molecular flexibility index (Phi) is 4.35. The summed E-state index contributed by atoms with van der Waals surface area (Å²) in [4.78, 5) is 11.3. The molecule has 0 aliphatic carbocycles. The van der Waals surface area contributed by atoms with E-state index in [1.54, 1.807) is 0 Å². The lowest BCUT2D eigenvalue weighted by Crippen LogP contribution is -2.16. The van der Waals surface area contributed by atoms with Gasteiger partial charge in [-0.1, -0.05) is 18.7 Å². The Bertz CT molecular complexity index is 278. The molecule has 2 atom stereocenters. The van der Waals surface area contributed by atoms with Gasteiger partial charge in [-0.2, -0.15) is 0 Å². The normalized spacial score (nSPS) is 25.1. The summed E-state index contributed by atoms with van der Waals surface area (Å²) in [6.07, 6.45) is 7.20. The third-order valence-corrected chi connectivity index (χ3v) is 2.75. The minimum atomic E-state index is -0.238. The molecule has 0 radical (unpaired) electrons. The van der Waals surface area contributed by atoms with Crippen LogP contribution in [-0.4, -0.2) is 12.1 Å². The molecule has 1 aliphatic rings. The van der Waals surface area contributed by atoms with Crippen LogP contribution in [0.5, 0.6) is 0 Å². The first-order valence-electron chi connectivity index (χ1n) is 5.32. The molecule has 0 N–H and O–H groups in total. The second-order valence-corrected chi connectivity index (χ2v) is 3.81. The monoisotopic (exact) mass is 206 g/mol. The molecular weight excluding hydrogens is 188 g/mol. The Morgan fingerprint density at radius 3 is 2.40 bits per heavy atom. The molecule has 1 fully saturated rings. The summed E-state index contributed by atoms with van der Waals surface area (Å²) in [7, 11) is 0. The highest BCUT2D eigenvalue weighted by Gasteiger charge is 2.37. The minimum Gasteiger partial charge on any atom is -0.458 e. The quantitative estimate of drug-likeness (QED) is 0.379. The van der Waals surface area contributed by atoms with Crippen molar-refractivity contribution in [3.8, 4) is 0 Å². The van der Waals surface area contributed by atoms with Crippen molar-refractivity contribution in [3.05, 3.63) is 37.5 Å². The zero-order valence-corrected chi connectivity index (χ0v) is 9.08. The Morgan fingerprint density at radius 2 is 1.80 bits per heavy atom. The van der Waals surface area contributed by atoms with Crippen LogP contribution in [0.2, 0.25) is 0 Å². The molecule has 0 aromatic rings. The van der Waals surface area contributed by atoms with Crippen LogP contribution in [0.15, 0.2) is 37.5 Å². The lowest BCUT2D eigenvalue weighted by molar-refractivity contribution is -0.139. The van der Waals surface area contributed by atoms with Crippen LogP contribution in [0, 0.1) is 5.92 Å². The molecule has 2 nitrogen and oxygen atoms in total. The van der Waals surface area contributed by atoms with Gasteiger partial charge in [-0.05, 0) is 25.7 Å². The van der Waals surface area contributed by atoms with E-state index in [1.807, 2.05) is 12.2 Å². The lowest BCUT2D eigenvalue weighted by Gasteiger charge is -2.15. The van der Waals surface area contributed by atoms with Crippen molar-refractivity contribution in [1.82, 2.24) is 0 Å². The Balaban J connectivity index is 2.59. The van der Waals surface area contributed by atoms with Crippen LogP contribution in [0.4, 0.5) is 0 Å². The maximum absolute atomic E-state index is 11.3. The van der Waals surface area contributed by atoms with Gasteiger partial charge in [-0.3, -0.25) is 0 Å². The first-order chi connectivity index (χ1) is 7.20. The summed E-state index contributed by atoms with van der Waals surface area (Å²) in [5.41, 5.74) is 0.617. The van der Waals surface area contributed by atoms with Crippen LogP contribution in [-0.2, 0) is 9.53 Å². The molecule has 1 rings (SSSR count). The number of carbonyl (C=O) groups is 1. The third-order valence-electron chi connectivity index (χ3n) is 2.75. The Labute approximate surface area is 91.3 Å². The Morgan fingerprint density at radius 1 is 1.20 bits per heavy atom. The van der Waals surface area contributed by atoms with Crippen molar-refractivity contribution in [2.75, 3.05) is 0 Å². The molecule has 0 aromatic heterocycles. The first-order valence-corrected chi connectivity index (χ1v) is 5.32. The van der Waals surface area contributed by atoms with Crippen LogP contribution in [0.1, 0.15) is 25.7 Å². The molecule has 82 valence electrons. The Hall–Kier alpha value is -1.31. The molecule has 0 aromatic carbocycles. The third kappa shape index (κ3) is 2.82. The fourth-order valence-electron chi connectivity index (χ4n) is 1.87. The first kappa shape index (κ1) is 11.8. The molecule has 1 aliphatic heterocycles. The highest BCUT2D eigenvalue weighted by molar-refractivity contribution is 5.90. The van der Waals surface area contributed by atoms with Crippen molar-refractivity contribution in [3.63, 3.8) is 0 Å². The number of cyclic esters (lactones) is 1. The molecular formula is C13H18O2. The summed E-state index contributed by atoms with van der Waals surface area (Å²) in [5.74, 6) is -0.0754. The minimum absolute atomic E-state index is 0.0112. The molecule has 2 heteroatoms. The summed E-state index contributed by atoms with van der Waals surface area (Å²) >= 11 is 0. The summed E-state index contributed by atoms with van der Waals surface area (Å²) in [6, 6.07) is 0. The number of ether oxygens (including phenoxy) is 1. The maximum Gasteiger partial charge on any atom is 0.334 e. The SMILES string of the molecule is C=CCC[C@@H]1OC(=O)C(=C)[C@H]1CCC=C. The summed E-state index contributed by atoms with van der Waals surface area (Å²) < 4.78 is 5.26. The predicted octanol–water partition coefficient (Wildman–Crippen LogP) is 3.02. The highest BCUT2D eigenvalue weighted by Crippen LogP contribution is 2.33. The number of allylic oxidation sites excluding steroid dienone is 2. The van der Waals surface area contributed by atoms with Crippen molar-refractivity contribution >= 4 is 5.97 Å². The topological polar surface area (TPSA) is 26.3 Å². The van der Waals surface area contributed by atoms with E-state index < -0.39 is 0 Å². The van der Waals surface area contributed by atoms with Gasteiger partial charge in [-0.15, -0.1) is 13.2 Å². The predicted molar refractivity (Wildman–Crippen MR) is 61.4 cm³/mol. The van der Waals surface area contributed by atoms with Crippen molar-refractivity contribution in [2.45, 2.75) is 31.8 Å². The average Bonchev–Trinajstić information content (AvgIpc) is 2.50. The van der Waals surface area contributed by atoms with Gasteiger partial charge in [0.2, 0.25) is 0 Å². The molecule has 0 bridgehead atoms. The average molecular weight is 206 g/mol. The standard InChI is InChI=1S/C13H18O2/c1-4-6-8-11-10(3)13(14)15-12(11)9-7-5-2/h4-5,11-12H,1-3,6-9H2/t11-,12+/m1/s1. The van der Waals surface area contributed by atoms with E-state index in [9.17, 15) is 4.79 Å². The van der Waals surface area contributed by atoms with Gasteiger partial charge in [0.05, 0.1) is 0 Å². The molecule has 0 amide bonds. The number of hydrogen-bond donors (Lipinski definition) is 0. The number of carbonyl (C=O) groups excluding carboxylic acids is 1. The van der Waals surface area contributed by atoms with Crippen molar-refractivity contribution in [1.29, 1.82) is 0 Å².